The number of anilines is 2. The zero-order valence-electron chi connectivity index (χ0n) is 68.1. The van der Waals surface area contributed by atoms with Gasteiger partial charge in [-0.25, -0.2) is 46.7 Å². The van der Waals surface area contributed by atoms with Crippen LogP contribution in [0.2, 0.25) is 0 Å². The summed E-state index contributed by atoms with van der Waals surface area (Å²) in [5, 5.41) is 22.6. The number of rotatable bonds is 31. The Morgan fingerprint density at radius 1 is 0.695 bits per heavy atom. The van der Waals surface area contributed by atoms with Crippen LogP contribution in [0.4, 0.5) is 11.5 Å². The van der Waals surface area contributed by atoms with Gasteiger partial charge >= 0.3 is 54.3 Å². The van der Waals surface area contributed by atoms with Gasteiger partial charge in [0, 0.05) is 104 Å². The molecule has 5 aromatic heterocycles. The number of hydrogen-bond donors (Lipinski definition) is 12. The van der Waals surface area contributed by atoms with E-state index in [1.165, 1.54) is 49.7 Å². The number of carboxylic acid groups (broad SMARTS) is 1. The highest BCUT2D eigenvalue weighted by molar-refractivity contribution is 7.86. The fourth-order valence-corrected chi connectivity index (χ4v) is 19.6. The van der Waals surface area contributed by atoms with E-state index in [0.717, 1.165) is 43.0 Å². The van der Waals surface area contributed by atoms with Crippen LogP contribution >= 0.6 is 31.3 Å². The molecule has 0 radical (unpaired) electrons. The Bertz CT molecular complexity index is 6890. The lowest BCUT2D eigenvalue weighted by atomic mass is 9.83. The molecule has 0 bridgehead atoms. The standard InChI is InChI=1S/C74H81N13O35P4S2/c1-38-28-86(71(94)78-66(38)88)63-24-56(120-124(99,100)113-31-44-12-9-17-111-44)59(118-63)33-114-126(103,104)122-57-25-64(119-60(57)34-115-125(101,102)121-55-23-62(85-16-15-61(75)77-70(85)93)117-58(55)32-112-123(96,97)98)87-29-40(68(90)79-72(87)95)10-8-11-43-30-84(81-80-43)37-76-67(89)39-13-14-45(48(18-39)69(91)92)65-49-19-46-41(35-127(105,106)107)26-73(2,3)82(6)51(46)21-53(49)116-54-22-52-47(20-50(54)65)42(36-128(108,109)110)27-74(4,5)83(52)7/h9,12-22,26-30,55-60,62-64H,11,23-25,31-37H2,1-7H3,(H12-,75,76,77,78,79,88,89,90,91,92,93,94,95,96,97,98,99,100,101,102,103,104,105,106,107,108,109,110)/p+1/t55?,56?,57?,58-,59-,60-,62-,63-,64-/m1/s1. The zero-order valence-corrected chi connectivity index (χ0v) is 73.3. The molecule has 6 unspecified atom stereocenters. The van der Waals surface area contributed by atoms with Gasteiger partial charge in [0.25, 0.3) is 37.3 Å². The van der Waals surface area contributed by atoms with E-state index in [0.29, 0.717) is 22.2 Å². The molecule has 14 rings (SSSR count). The molecule has 54 heteroatoms. The minimum atomic E-state index is -5.62. The number of hydrogen-bond acceptors (Lipinski definition) is 32. The topological polar surface area (TPSA) is 667 Å². The fraction of sp³-hybridized carbons (Fsp3) is 0.392. The summed E-state index contributed by atoms with van der Waals surface area (Å²) < 4.78 is 196. The Balaban J connectivity index is 0.704. The van der Waals surface area contributed by atoms with Crippen LogP contribution in [-0.4, -0.2) is 204 Å². The fourth-order valence-electron chi connectivity index (χ4n) is 15.1. The quantitative estimate of drug-likeness (QED) is 0.0128. The highest BCUT2D eigenvalue weighted by Crippen LogP contribution is 2.55. The Labute approximate surface area is 721 Å². The van der Waals surface area contributed by atoms with Gasteiger partial charge in [0.05, 0.1) is 67.1 Å². The summed E-state index contributed by atoms with van der Waals surface area (Å²) in [5.41, 5.74) is 0.0144. The summed E-state index contributed by atoms with van der Waals surface area (Å²) in [6, 6.07) is 14.3. The number of likely N-dealkylation sites (N-methyl/N-ethyl adjacent to an activating group) is 2. The lowest BCUT2D eigenvalue weighted by Gasteiger charge is -2.41. The second-order valence-electron chi connectivity index (χ2n) is 31.3. The van der Waals surface area contributed by atoms with E-state index in [9.17, 15) is 107 Å². The normalized spacial score (nSPS) is 22.6. The third-order valence-corrected chi connectivity index (χ3v) is 26.3. The number of nitrogens with zero attached hydrogens (tertiary/aromatic N) is 9. The minimum Gasteiger partial charge on any atom is -0.478 e. The van der Waals surface area contributed by atoms with Crippen molar-refractivity contribution in [3.63, 3.8) is 0 Å². The molecule has 6 aliphatic rings. The number of phosphoric ester groups is 4. The van der Waals surface area contributed by atoms with E-state index in [1.54, 1.807) is 50.5 Å². The van der Waals surface area contributed by atoms with Gasteiger partial charge in [0.15, 0.2) is 5.54 Å². The second-order valence-corrected chi connectivity index (χ2v) is 39.6. The molecule has 684 valence electrons. The Morgan fingerprint density at radius 2 is 1.27 bits per heavy atom. The minimum absolute atomic E-state index is 0.00621. The van der Waals surface area contributed by atoms with Crippen LogP contribution in [0.25, 0.3) is 16.7 Å². The third-order valence-electron chi connectivity index (χ3n) is 21.5. The van der Waals surface area contributed by atoms with Gasteiger partial charge in [0.1, 0.15) is 116 Å². The van der Waals surface area contributed by atoms with Gasteiger partial charge in [-0.1, -0.05) is 29.2 Å². The predicted molar refractivity (Wildman–Crippen MR) is 441 cm³/mol. The first-order valence-corrected chi connectivity index (χ1v) is 47.5. The van der Waals surface area contributed by atoms with Gasteiger partial charge in [-0.05, 0) is 86.0 Å². The number of aromatic amines is 2. The average Bonchev–Trinajstić information content (AvgIpc) is 0.825. The highest BCUT2D eigenvalue weighted by atomic mass is 32.2. The molecule has 0 saturated carbocycles. The van der Waals surface area contributed by atoms with Crippen molar-refractivity contribution in [2.24, 2.45) is 0 Å². The lowest BCUT2D eigenvalue weighted by Crippen LogP contribution is -2.47. The Morgan fingerprint density at radius 3 is 1.85 bits per heavy atom. The van der Waals surface area contributed by atoms with Crippen molar-refractivity contribution in [2.75, 3.05) is 56.1 Å². The van der Waals surface area contributed by atoms with Gasteiger partial charge in [-0.2, -0.15) is 21.8 Å². The number of benzene rings is 3. The van der Waals surface area contributed by atoms with Crippen LogP contribution in [0.1, 0.15) is 131 Å². The third kappa shape index (κ3) is 21.5. The van der Waals surface area contributed by atoms with Gasteiger partial charge < -0.3 is 68.9 Å². The number of amides is 1. The largest absolute Gasteiger partial charge is 0.478 e. The monoisotopic (exact) mass is 1900 g/mol. The molecule has 3 fully saturated rings. The summed E-state index contributed by atoms with van der Waals surface area (Å²) in [6.45, 7) is 4.39. The molecule has 3 aromatic carbocycles. The molecule has 128 heavy (non-hydrogen) atoms. The maximum Gasteiger partial charge on any atom is 0.472 e. The Hall–Kier alpha value is -10.5. The number of nitrogen functional groups attached to an aromatic ring is 1. The van der Waals surface area contributed by atoms with Crippen LogP contribution < -0.4 is 64.0 Å². The number of ether oxygens (including phenoxy) is 4. The number of carboxylic acids is 1. The van der Waals surface area contributed by atoms with Crippen LogP contribution in [-0.2, 0) is 104 Å². The van der Waals surface area contributed by atoms with Crippen LogP contribution in [0.15, 0.2) is 132 Å². The molecule has 0 aliphatic carbocycles. The zero-order chi connectivity index (χ0) is 92.6. The molecule has 3 saturated heterocycles. The van der Waals surface area contributed by atoms with E-state index in [2.05, 4.69) is 46.9 Å². The number of aromatic nitrogens is 9. The number of carbonyl (C=O) groups is 2. The maximum absolute atomic E-state index is 14.3. The number of furan rings is 1. The summed E-state index contributed by atoms with van der Waals surface area (Å²) in [6.07, 6.45) is -7.76. The van der Waals surface area contributed by atoms with Crippen molar-refractivity contribution in [2.45, 2.75) is 140 Å². The number of phosphoric acid groups is 4. The molecule has 12 atom stereocenters. The first-order chi connectivity index (χ1) is 59.8. The lowest BCUT2D eigenvalue weighted by molar-refractivity contribution is -0.0617. The van der Waals surface area contributed by atoms with E-state index >= 15 is 0 Å². The number of nitrogens with one attached hydrogen (secondary N) is 3. The van der Waals surface area contributed by atoms with Crippen LogP contribution in [0.5, 0.6) is 11.5 Å². The van der Waals surface area contributed by atoms with Crippen molar-refractivity contribution in [1.82, 2.24) is 53.5 Å². The van der Waals surface area contributed by atoms with Crippen molar-refractivity contribution < 1.29 is 138 Å². The molecular formula is C74H82N13O35P4S2+. The van der Waals surface area contributed by atoms with Crippen molar-refractivity contribution in [3.8, 4) is 23.3 Å². The number of nitrogens with two attached hydrogens (primary N) is 1. The summed E-state index contributed by atoms with van der Waals surface area (Å²) in [4.78, 5) is 156. The summed E-state index contributed by atoms with van der Waals surface area (Å²) in [7, 11) is -27.3. The molecule has 8 aromatic rings. The van der Waals surface area contributed by atoms with E-state index in [1.807, 2.05) is 37.2 Å². The molecular weight excluding hydrogens is 1820 g/mol. The molecule has 48 nitrogen and oxygen atoms in total. The summed E-state index contributed by atoms with van der Waals surface area (Å²) >= 11 is 0. The smallest absolute Gasteiger partial charge is 0.472 e. The number of H-pyrrole nitrogens is 2. The number of aryl methyl sites for hydroxylation is 1. The SMILES string of the molecule is Cc1cn([C@H]2CC(OP(=O)(O)OCc3ccco3)[C@@H](COP(=O)(O)OC3C[C@H](n4cc(C#CCc5cn(CNC(=O)c6ccc(C7=c8cc9c(cc8Oc8cc%10c(cc87)C(CS(=O)(=O)O)=CC(C)(C)N%10C)=[N+](C)C(C)(C)C=C9CS(=O)(=O)O)c(C(=O)O)c6)nn5)c(=O)[nH]c4=O)O[C@@H]3COP(=O)(O)OC3C[C@H](n4ccc(N)nc4=O)O[C@@H]3COP(=O)(O)O)O2)c(=O)[nH]c1=O. The molecule has 13 N–H and O–H groups in total. The number of aromatic carboxylic acids is 1. The summed E-state index contributed by atoms with van der Waals surface area (Å²) in [5.74, 6) is 1.58. The van der Waals surface area contributed by atoms with Crippen molar-refractivity contribution in [3.05, 3.63) is 223 Å². The van der Waals surface area contributed by atoms with Crippen LogP contribution in [0.3, 0.4) is 0 Å². The Kier molecular flexibility index (Phi) is 26.2. The van der Waals surface area contributed by atoms with Gasteiger partial charge in [-0.3, -0.25) is 78.8 Å². The predicted octanol–water partition coefficient (Wildman–Crippen LogP) is 1.81. The maximum atomic E-state index is 14.3. The first kappa shape index (κ1) is 93.7. The molecule has 6 aliphatic heterocycles. The first-order valence-electron chi connectivity index (χ1n) is 38.3. The highest BCUT2D eigenvalue weighted by Gasteiger charge is 2.49. The van der Waals surface area contributed by atoms with E-state index in [-0.39, 0.29) is 79.4 Å². The van der Waals surface area contributed by atoms with Crippen LogP contribution in [0, 0.1) is 18.8 Å². The van der Waals surface area contributed by atoms with Gasteiger partial charge in [0.2, 0.25) is 5.36 Å². The van der Waals surface area contributed by atoms with Gasteiger partial charge in [-0.15, -0.1) is 5.10 Å². The number of fused-ring (bicyclic) bond motifs is 4. The van der Waals surface area contributed by atoms with Crippen molar-refractivity contribution in [1.29, 1.82) is 0 Å². The molecule has 0 spiro atoms. The second kappa shape index (κ2) is 35.8. The molecule has 1 amide bonds. The molecule has 11 heterocycles. The van der Waals surface area contributed by atoms with E-state index < -0.39 is 233 Å². The number of carbonyl (C=O) groups excluding carboxylic acids is 1. The van der Waals surface area contributed by atoms with E-state index in [4.69, 9.17) is 56.2 Å². The average molecular weight is 1900 g/mol. The van der Waals surface area contributed by atoms with Crippen molar-refractivity contribution >= 4 is 91.6 Å².